The first kappa shape index (κ1) is 11.9. The molecule has 0 aromatic carbocycles. The maximum absolute atomic E-state index is 11.2. The minimum Gasteiger partial charge on any atom is -0.457 e. The van der Waals surface area contributed by atoms with E-state index in [4.69, 9.17) is 4.74 Å². The van der Waals surface area contributed by atoms with E-state index < -0.39 is 23.6 Å². The molecule has 13 heavy (non-hydrogen) atoms. The minimum atomic E-state index is -0.836. The normalized spacial score (nSPS) is 13.3. The lowest BCUT2D eigenvalue weighted by molar-refractivity contribution is -0.173. The van der Waals surface area contributed by atoms with Crippen LogP contribution in [0.4, 0.5) is 0 Å². The number of carbonyl (C=O) groups excluding carboxylic acids is 2. The summed E-state index contributed by atoms with van der Waals surface area (Å²) in [5.41, 5.74) is -0.550. The van der Waals surface area contributed by atoms with E-state index in [9.17, 15) is 9.59 Å². The molecule has 0 fully saturated rings. The highest BCUT2D eigenvalue weighted by atomic mass is 16.6. The van der Waals surface area contributed by atoms with Crippen LogP contribution in [0.15, 0.2) is 0 Å². The fourth-order valence-electron chi connectivity index (χ4n) is 0.682. The maximum atomic E-state index is 11.2. The van der Waals surface area contributed by atoms with Crippen molar-refractivity contribution in [1.82, 2.24) is 0 Å². The Morgan fingerprint density at radius 2 is 1.69 bits per heavy atom. The van der Waals surface area contributed by atoms with Crippen molar-refractivity contribution in [1.29, 1.82) is 0 Å². The maximum Gasteiger partial charge on any atom is 0.347 e. The molecule has 0 saturated heterocycles. The van der Waals surface area contributed by atoms with Gasteiger partial charge in [-0.05, 0) is 27.7 Å². The average molecular weight is 188 g/mol. The molecule has 4 nitrogen and oxygen atoms in total. The molecule has 0 amide bonds. The summed E-state index contributed by atoms with van der Waals surface area (Å²) in [6, 6.07) is 0. The van der Waals surface area contributed by atoms with Crippen molar-refractivity contribution in [3.05, 3.63) is 0 Å². The van der Waals surface area contributed by atoms with Gasteiger partial charge in [-0.3, -0.25) is 4.79 Å². The second-order valence-corrected chi connectivity index (χ2v) is 3.79. The van der Waals surface area contributed by atoms with Crippen LogP contribution in [0.1, 0.15) is 34.6 Å². The molecule has 0 bridgehead atoms. The zero-order chi connectivity index (χ0) is 10.6. The van der Waals surface area contributed by atoms with E-state index >= 15 is 0 Å². The zero-order valence-corrected chi connectivity index (χ0v) is 8.71. The number of hydrogen-bond donors (Lipinski definition) is 0. The topological polar surface area (TPSA) is 52.6 Å². The summed E-state index contributed by atoms with van der Waals surface area (Å²) in [5, 5.41) is 0. The van der Waals surface area contributed by atoms with Crippen LogP contribution in [0.2, 0.25) is 0 Å². The van der Waals surface area contributed by atoms with Crippen LogP contribution in [0.25, 0.3) is 0 Å². The van der Waals surface area contributed by atoms with Gasteiger partial charge >= 0.3 is 11.9 Å². The van der Waals surface area contributed by atoms with Crippen LogP contribution < -0.4 is 0 Å². The molecule has 76 valence electrons. The first-order valence-corrected chi connectivity index (χ1v) is 4.12. The summed E-state index contributed by atoms with van der Waals surface area (Å²) < 4.78 is 9.63. The molecule has 4 heteroatoms. The van der Waals surface area contributed by atoms with Crippen LogP contribution in [0.5, 0.6) is 0 Å². The molecule has 1 atom stereocenters. The Hall–Kier alpha value is -1.06. The van der Waals surface area contributed by atoms with Crippen LogP contribution in [0.3, 0.4) is 0 Å². The van der Waals surface area contributed by atoms with Crippen LogP contribution in [0, 0.1) is 0 Å². The van der Waals surface area contributed by atoms with Crippen molar-refractivity contribution in [2.24, 2.45) is 0 Å². The van der Waals surface area contributed by atoms with E-state index in [-0.39, 0.29) is 0 Å². The summed E-state index contributed by atoms with van der Waals surface area (Å²) in [7, 11) is 0. The van der Waals surface area contributed by atoms with Crippen molar-refractivity contribution in [3.63, 3.8) is 0 Å². The third kappa shape index (κ3) is 6.13. The number of rotatable bonds is 2. The molecule has 0 heterocycles. The summed E-state index contributed by atoms with van der Waals surface area (Å²) >= 11 is 0. The number of carbonyl (C=O) groups is 2. The first-order valence-electron chi connectivity index (χ1n) is 4.12. The Morgan fingerprint density at radius 1 is 1.23 bits per heavy atom. The van der Waals surface area contributed by atoms with E-state index in [1.165, 1.54) is 13.8 Å². The molecule has 0 aromatic heterocycles. The predicted molar refractivity (Wildman–Crippen MR) is 47.1 cm³/mol. The summed E-state index contributed by atoms with van der Waals surface area (Å²) in [5.74, 6) is -1.01. The van der Waals surface area contributed by atoms with Crippen molar-refractivity contribution in [2.75, 3.05) is 0 Å². The van der Waals surface area contributed by atoms with E-state index in [1.807, 2.05) is 0 Å². The van der Waals surface area contributed by atoms with Gasteiger partial charge in [0, 0.05) is 6.92 Å². The highest BCUT2D eigenvalue weighted by Gasteiger charge is 2.23. The lowest BCUT2D eigenvalue weighted by Gasteiger charge is -2.21. The van der Waals surface area contributed by atoms with Crippen molar-refractivity contribution in [3.8, 4) is 0 Å². The van der Waals surface area contributed by atoms with E-state index in [2.05, 4.69) is 4.74 Å². The molecular weight excluding hydrogens is 172 g/mol. The van der Waals surface area contributed by atoms with Crippen LogP contribution >= 0.6 is 0 Å². The molecule has 0 spiro atoms. The van der Waals surface area contributed by atoms with E-state index in [0.717, 1.165) is 0 Å². The Kier molecular flexibility index (Phi) is 3.91. The molecule has 0 rings (SSSR count). The van der Waals surface area contributed by atoms with Gasteiger partial charge in [0.15, 0.2) is 6.10 Å². The highest BCUT2D eigenvalue weighted by Crippen LogP contribution is 2.09. The summed E-state index contributed by atoms with van der Waals surface area (Å²) in [6.07, 6.45) is -0.836. The summed E-state index contributed by atoms with van der Waals surface area (Å²) in [6.45, 7) is 8.00. The molecule has 0 aliphatic heterocycles. The van der Waals surface area contributed by atoms with Gasteiger partial charge in [0.1, 0.15) is 5.60 Å². The lowest BCUT2D eigenvalue weighted by atomic mass is 10.2. The number of hydrogen-bond acceptors (Lipinski definition) is 4. The Labute approximate surface area is 78.2 Å². The molecule has 0 N–H and O–H groups in total. The number of ether oxygens (including phenoxy) is 2. The fraction of sp³-hybridized carbons (Fsp3) is 0.778. The van der Waals surface area contributed by atoms with Crippen molar-refractivity contribution < 1.29 is 19.1 Å². The monoisotopic (exact) mass is 188 g/mol. The fourth-order valence-corrected chi connectivity index (χ4v) is 0.682. The van der Waals surface area contributed by atoms with Gasteiger partial charge in [0.2, 0.25) is 0 Å². The predicted octanol–water partition coefficient (Wildman–Crippen LogP) is 1.28. The van der Waals surface area contributed by atoms with E-state index in [0.29, 0.717) is 0 Å². The van der Waals surface area contributed by atoms with Gasteiger partial charge in [-0.25, -0.2) is 4.79 Å². The van der Waals surface area contributed by atoms with Crippen molar-refractivity contribution >= 4 is 11.9 Å². The zero-order valence-electron chi connectivity index (χ0n) is 8.71. The Bertz CT molecular complexity index is 202. The molecule has 0 unspecified atom stereocenters. The molecule has 0 radical (unpaired) electrons. The van der Waals surface area contributed by atoms with Gasteiger partial charge in [0.25, 0.3) is 0 Å². The molecule has 0 aliphatic rings. The highest BCUT2D eigenvalue weighted by molar-refractivity contribution is 5.78. The van der Waals surface area contributed by atoms with Crippen molar-refractivity contribution in [2.45, 2.75) is 46.3 Å². The Balaban J connectivity index is 4.05. The van der Waals surface area contributed by atoms with Gasteiger partial charge in [-0.15, -0.1) is 0 Å². The second kappa shape index (κ2) is 4.25. The largest absolute Gasteiger partial charge is 0.457 e. The van der Waals surface area contributed by atoms with Gasteiger partial charge < -0.3 is 9.47 Å². The molecule has 0 saturated carbocycles. The standard InChI is InChI=1S/C9H16O4/c1-6(12-7(2)10)8(11)13-9(3,4)5/h6H,1-5H3/t6-/m0/s1. The third-order valence-electron chi connectivity index (χ3n) is 1.08. The minimum absolute atomic E-state index is 0.488. The van der Waals surface area contributed by atoms with Gasteiger partial charge in [-0.2, -0.15) is 0 Å². The third-order valence-corrected chi connectivity index (χ3v) is 1.08. The molecular formula is C9H16O4. The Morgan fingerprint density at radius 3 is 2.00 bits per heavy atom. The van der Waals surface area contributed by atoms with E-state index in [1.54, 1.807) is 20.8 Å². The first-order chi connectivity index (χ1) is 5.72. The van der Waals surface area contributed by atoms with Gasteiger partial charge in [0.05, 0.1) is 0 Å². The second-order valence-electron chi connectivity index (χ2n) is 3.79. The summed E-state index contributed by atoms with van der Waals surface area (Å²) in [4.78, 5) is 21.7. The molecule has 0 aliphatic carbocycles. The quantitative estimate of drug-likeness (QED) is 0.612. The molecule has 0 aromatic rings. The smallest absolute Gasteiger partial charge is 0.347 e. The lowest BCUT2D eigenvalue weighted by Crippen LogP contribution is -2.32. The van der Waals surface area contributed by atoms with Crippen LogP contribution in [-0.2, 0) is 19.1 Å². The SMILES string of the molecule is CC(=O)O[C@@H](C)C(=O)OC(C)(C)C. The van der Waals surface area contributed by atoms with Gasteiger partial charge in [-0.1, -0.05) is 0 Å². The van der Waals surface area contributed by atoms with Crippen LogP contribution in [-0.4, -0.2) is 23.6 Å². The number of esters is 2. The average Bonchev–Trinajstić information content (AvgIpc) is 1.81.